The van der Waals surface area contributed by atoms with Crippen molar-refractivity contribution in [1.29, 1.82) is 0 Å². The molecule has 0 spiro atoms. The molecule has 1 heterocycles. The lowest BCUT2D eigenvalue weighted by atomic mass is 10.0. The van der Waals surface area contributed by atoms with Crippen LogP contribution in [0.25, 0.3) is 0 Å². The number of anilines is 1. The van der Waals surface area contributed by atoms with Crippen molar-refractivity contribution < 1.29 is 13.6 Å². The zero-order valence-corrected chi connectivity index (χ0v) is 15.5. The van der Waals surface area contributed by atoms with Crippen molar-refractivity contribution in [3.63, 3.8) is 0 Å². The molecule has 1 fully saturated rings. The SMILES string of the molecule is CC1CCCCN1Cc1cccc(NC(=O)NCc2ccc(F)c(F)c2)c1. The minimum atomic E-state index is -0.922. The first-order valence-corrected chi connectivity index (χ1v) is 9.33. The fraction of sp³-hybridized carbons (Fsp3) is 0.381. The summed E-state index contributed by atoms with van der Waals surface area (Å²) in [5.41, 5.74) is 2.36. The maximum absolute atomic E-state index is 13.2. The highest BCUT2D eigenvalue weighted by molar-refractivity contribution is 5.89. The number of hydrogen-bond donors (Lipinski definition) is 2. The first-order valence-electron chi connectivity index (χ1n) is 9.33. The molecule has 1 saturated heterocycles. The second-order valence-electron chi connectivity index (χ2n) is 7.07. The Morgan fingerprint density at radius 3 is 2.74 bits per heavy atom. The van der Waals surface area contributed by atoms with Gasteiger partial charge in [-0.05, 0) is 61.7 Å². The maximum atomic E-state index is 13.2. The van der Waals surface area contributed by atoms with Gasteiger partial charge in [0.25, 0.3) is 0 Å². The highest BCUT2D eigenvalue weighted by Gasteiger charge is 2.18. The van der Waals surface area contributed by atoms with Crippen molar-refractivity contribution in [2.24, 2.45) is 0 Å². The van der Waals surface area contributed by atoms with Crippen LogP contribution in [-0.2, 0) is 13.1 Å². The predicted molar refractivity (Wildman–Crippen MR) is 102 cm³/mol. The number of carbonyl (C=O) groups is 1. The maximum Gasteiger partial charge on any atom is 0.319 e. The number of hydrogen-bond acceptors (Lipinski definition) is 2. The van der Waals surface area contributed by atoms with E-state index >= 15 is 0 Å². The monoisotopic (exact) mass is 373 g/mol. The normalized spacial score (nSPS) is 17.5. The number of nitrogens with one attached hydrogen (secondary N) is 2. The van der Waals surface area contributed by atoms with E-state index in [0.29, 0.717) is 17.3 Å². The number of amides is 2. The molecule has 2 N–H and O–H groups in total. The van der Waals surface area contributed by atoms with Crippen molar-refractivity contribution in [2.75, 3.05) is 11.9 Å². The zero-order chi connectivity index (χ0) is 19.2. The van der Waals surface area contributed by atoms with Crippen LogP contribution >= 0.6 is 0 Å². The molecule has 2 aromatic rings. The quantitative estimate of drug-likeness (QED) is 0.801. The number of nitrogens with zero attached hydrogens (tertiary/aromatic N) is 1. The molecule has 0 bridgehead atoms. The third kappa shape index (κ3) is 5.50. The predicted octanol–water partition coefficient (Wildman–Crippen LogP) is 4.66. The minimum absolute atomic E-state index is 0.119. The largest absolute Gasteiger partial charge is 0.334 e. The standard InChI is InChI=1S/C21H25F2N3O/c1-15-5-2-3-10-26(15)14-17-6-4-7-18(11-17)25-21(27)24-13-16-8-9-19(22)20(23)12-16/h4,6-9,11-12,15H,2-3,5,10,13-14H2,1H3,(H2,24,25,27). The molecule has 3 rings (SSSR count). The van der Waals surface area contributed by atoms with Crippen LogP contribution in [0.1, 0.15) is 37.3 Å². The first kappa shape index (κ1) is 19.3. The molecule has 2 aromatic carbocycles. The van der Waals surface area contributed by atoms with E-state index < -0.39 is 11.6 Å². The van der Waals surface area contributed by atoms with Crippen LogP contribution in [0.15, 0.2) is 42.5 Å². The zero-order valence-electron chi connectivity index (χ0n) is 15.5. The molecule has 1 aliphatic heterocycles. The molecule has 0 saturated carbocycles. The second-order valence-corrected chi connectivity index (χ2v) is 7.07. The summed E-state index contributed by atoms with van der Waals surface area (Å²) in [5.74, 6) is -1.82. The average Bonchev–Trinajstić information content (AvgIpc) is 2.65. The lowest BCUT2D eigenvalue weighted by Crippen LogP contribution is -2.36. The van der Waals surface area contributed by atoms with Crippen molar-refractivity contribution in [3.8, 4) is 0 Å². The average molecular weight is 373 g/mol. The van der Waals surface area contributed by atoms with E-state index in [9.17, 15) is 13.6 Å². The summed E-state index contributed by atoms with van der Waals surface area (Å²) in [7, 11) is 0. The van der Waals surface area contributed by atoms with E-state index in [4.69, 9.17) is 0 Å². The number of benzene rings is 2. The van der Waals surface area contributed by atoms with Gasteiger partial charge in [-0.3, -0.25) is 4.90 Å². The molecule has 6 heteroatoms. The van der Waals surface area contributed by atoms with Crippen LogP contribution in [0.3, 0.4) is 0 Å². The number of likely N-dealkylation sites (tertiary alicyclic amines) is 1. The number of carbonyl (C=O) groups excluding carboxylic acids is 1. The molecular formula is C21H25F2N3O. The van der Waals surface area contributed by atoms with Crippen molar-refractivity contribution >= 4 is 11.7 Å². The Morgan fingerprint density at radius 2 is 1.96 bits per heavy atom. The Labute approximate surface area is 158 Å². The van der Waals surface area contributed by atoms with Gasteiger partial charge < -0.3 is 10.6 Å². The Bertz CT molecular complexity index is 797. The highest BCUT2D eigenvalue weighted by Crippen LogP contribution is 2.20. The summed E-state index contributed by atoms with van der Waals surface area (Å²) in [5, 5.41) is 5.44. The molecule has 1 atom stereocenters. The smallest absolute Gasteiger partial charge is 0.319 e. The fourth-order valence-corrected chi connectivity index (χ4v) is 3.38. The molecule has 4 nitrogen and oxygen atoms in total. The van der Waals surface area contributed by atoms with Gasteiger partial charge in [0, 0.05) is 24.8 Å². The van der Waals surface area contributed by atoms with Crippen molar-refractivity contribution in [1.82, 2.24) is 10.2 Å². The van der Waals surface area contributed by atoms with Crippen LogP contribution in [0, 0.1) is 11.6 Å². The minimum Gasteiger partial charge on any atom is -0.334 e. The molecule has 0 aromatic heterocycles. The van der Waals surface area contributed by atoms with Gasteiger partial charge in [-0.2, -0.15) is 0 Å². The molecule has 1 aliphatic rings. The fourth-order valence-electron chi connectivity index (χ4n) is 3.38. The second kappa shape index (κ2) is 8.95. The Hall–Kier alpha value is -2.47. The summed E-state index contributed by atoms with van der Waals surface area (Å²) in [6.45, 7) is 4.35. The van der Waals surface area contributed by atoms with Crippen LogP contribution in [0.4, 0.5) is 19.3 Å². The van der Waals surface area contributed by atoms with Gasteiger partial charge in [-0.15, -0.1) is 0 Å². The van der Waals surface area contributed by atoms with Gasteiger partial charge in [0.05, 0.1) is 0 Å². The van der Waals surface area contributed by atoms with E-state index in [1.807, 2.05) is 18.2 Å². The van der Waals surface area contributed by atoms with Crippen LogP contribution in [0.5, 0.6) is 0 Å². The summed E-state index contributed by atoms with van der Waals surface area (Å²) >= 11 is 0. The molecule has 2 amide bonds. The summed E-state index contributed by atoms with van der Waals surface area (Å²) < 4.78 is 26.1. The van der Waals surface area contributed by atoms with Gasteiger partial charge in [-0.25, -0.2) is 13.6 Å². The van der Waals surface area contributed by atoms with E-state index in [0.717, 1.165) is 30.8 Å². The third-order valence-corrected chi connectivity index (χ3v) is 4.95. The van der Waals surface area contributed by atoms with Gasteiger partial charge in [0.1, 0.15) is 0 Å². The summed E-state index contributed by atoms with van der Waals surface area (Å²) in [6.07, 6.45) is 3.75. The van der Waals surface area contributed by atoms with E-state index in [1.54, 1.807) is 0 Å². The molecule has 0 aliphatic carbocycles. The van der Waals surface area contributed by atoms with E-state index in [2.05, 4.69) is 28.5 Å². The molecule has 144 valence electrons. The molecule has 27 heavy (non-hydrogen) atoms. The topological polar surface area (TPSA) is 44.4 Å². The summed E-state index contributed by atoms with van der Waals surface area (Å²) in [6, 6.07) is 11.6. The third-order valence-electron chi connectivity index (χ3n) is 4.95. The van der Waals surface area contributed by atoms with Crippen molar-refractivity contribution in [2.45, 2.75) is 45.3 Å². The van der Waals surface area contributed by atoms with Crippen molar-refractivity contribution in [3.05, 3.63) is 65.2 Å². The number of piperidine rings is 1. The lowest BCUT2D eigenvalue weighted by Gasteiger charge is -2.33. The van der Waals surface area contributed by atoms with Gasteiger partial charge in [-0.1, -0.05) is 24.6 Å². The first-order chi connectivity index (χ1) is 13.0. The lowest BCUT2D eigenvalue weighted by molar-refractivity contribution is 0.152. The Balaban J connectivity index is 1.53. The van der Waals surface area contributed by atoms with Crippen LogP contribution < -0.4 is 10.6 Å². The Kier molecular flexibility index (Phi) is 6.40. The molecular weight excluding hydrogens is 348 g/mol. The molecule has 0 radical (unpaired) electrons. The van der Waals surface area contributed by atoms with Gasteiger partial charge in [0.15, 0.2) is 11.6 Å². The highest BCUT2D eigenvalue weighted by atomic mass is 19.2. The summed E-state index contributed by atoms with van der Waals surface area (Å²) in [4.78, 5) is 14.6. The number of rotatable bonds is 5. The number of urea groups is 1. The van der Waals surface area contributed by atoms with E-state index in [-0.39, 0.29) is 12.6 Å². The van der Waals surface area contributed by atoms with Gasteiger partial charge in [0.2, 0.25) is 0 Å². The Morgan fingerprint density at radius 1 is 1.11 bits per heavy atom. The molecule has 1 unspecified atom stereocenters. The van der Waals surface area contributed by atoms with E-state index in [1.165, 1.54) is 25.3 Å². The van der Waals surface area contributed by atoms with Gasteiger partial charge >= 0.3 is 6.03 Å². The number of halogens is 2. The van der Waals surface area contributed by atoms with Crippen LogP contribution in [0.2, 0.25) is 0 Å². The van der Waals surface area contributed by atoms with Crippen LogP contribution in [-0.4, -0.2) is 23.5 Å².